The fourth-order valence-electron chi connectivity index (χ4n) is 2.08. The number of hydrogen-bond acceptors (Lipinski definition) is 3. The average Bonchev–Trinajstić information content (AvgIpc) is 2.50. The number of rotatable bonds is 6. The SMILES string of the molecule is COC(OC)c1ccc(C(=O)Cc2ccccc2)cc1. The summed E-state index contributed by atoms with van der Waals surface area (Å²) in [4.78, 5) is 12.2. The Bertz CT molecular complexity index is 542. The van der Waals surface area contributed by atoms with Gasteiger partial charge in [-0.3, -0.25) is 4.79 Å². The van der Waals surface area contributed by atoms with Gasteiger partial charge in [0.25, 0.3) is 0 Å². The van der Waals surface area contributed by atoms with Crippen LogP contribution < -0.4 is 0 Å². The van der Waals surface area contributed by atoms with E-state index in [1.165, 1.54) is 0 Å². The molecule has 0 radical (unpaired) electrons. The minimum atomic E-state index is -0.395. The average molecular weight is 270 g/mol. The first kappa shape index (κ1) is 14.4. The van der Waals surface area contributed by atoms with E-state index in [1.807, 2.05) is 54.6 Å². The molecule has 20 heavy (non-hydrogen) atoms. The maximum Gasteiger partial charge on any atom is 0.183 e. The van der Waals surface area contributed by atoms with Crippen LogP contribution in [0.3, 0.4) is 0 Å². The molecule has 0 amide bonds. The van der Waals surface area contributed by atoms with E-state index in [9.17, 15) is 4.79 Å². The Labute approximate surface area is 119 Å². The van der Waals surface area contributed by atoms with Crippen LogP contribution in [-0.4, -0.2) is 20.0 Å². The monoisotopic (exact) mass is 270 g/mol. The molecule has 2 rings (SSSR count). The smallest absolute Gasteiger partial charge is 0.183 e. The van der Waals surface area contributed by atoms with Crippen molar-refractivity contribution in [2.75, 3.05) is 14.2 Å². The number of ketones is 1. The van der Waals surface area contributed by atoms with Crippen LogP contribution in [-0.2, 0) is 15.9 Å². The van der Waals surface area contributed by atoms with Gasteiger partial charge < -0.3 is 9.47 Å². The van der Waals surface area contributed by atoms with Gasteiger partial charge in [-0.1, -0.05) is 54.6 Å². The number of hydrogen-bond donors (Lipinski definition) is 0. The lowest BCUT2D eigenvalue weighted by atomic mass is 10.0. The van der Waals surface area contributed by atoms with Gasteiger partial charge in [-0.2, -0.15) is 0 Å². The van der Waals surface area contributed by atoms with E-state index in [1.54, 1.807) is 14.2 Å². The minimum Gasteiger partial charge on any atom is -0.352 e. The van der Waals surface area contributed by atoms with E-state index >= 15 is 0 Å². The van der Waals surface area contributed by atoms with E-state index in [4.69, 9.17) is 9.47 Å². The lowest BCUT2D eigenvalue weighted by Gasteiger charge is -2.13. The molecule has 0 atom stereocenters. The van der Waals surface area contributed by atoms with Gasteiger partial charge in [0.1, 0.15) is 0 Å². The molecule has 0 unspecified atom stereocenters. The van der Waals surface area contributed by atoms with Gasteiger partial charge in [-0.15, -0.1) is 0 Å². The first-order valence-corrected chi connectivity index (χ1v) is 6.47. The number of carbonyl (C=O) groups excluding carboxylic acids is 1. The van der Waals surface area contributed by atoms with Crippen molar-refractivity contribution in [3.63, 3.8) is 0 Å². The molecule has 0 aromatic heterocycles. The second-order valence-corrected chi connectivity index (χ2v) is 4.51. The summed E-state index contributed by atoms with van der Waals surface area (Å²) in [7, 11) is 3.17. The van der Waals surface area contributed by atoms with Crippen LogP contribution >= 0.6 is 0 Å². The molecule has 0 saturated carbocycles. The van der Waals surface area contributed by atoms with E-state index in [0.29, 0.717) is 12.0 Å². The Morgan fingerprint density at radius 3 is 2.10 bits per heavy atom. The predicted octanol–water partition coefficient (Wildman–Crippen LogP) is 3.40. The summed E-state index contributed by atoms with van der Waals surface area (Å²) in [6.45, 7) is 0. The fraction of sp³-hybridized carbons (Fsp3) is 0.235. The molecule has 0 heterocycles. The largest absolute Gasteiger partial charge is 0.352 e. The molecule has 104 valence electrons. The molecule has 0 aliphatic carbocycles. The summed E-state index contributed by atoms with van der Waals surface area (Å²) in [6, 6.07) is 17.1. The second kappa shape index (κ2) is 6.98. The Morgan fingerprint density at radius 1 is 0.950 bits per heavy atom. The van der Waals surface area contributed by atoms with E-state index in [-0.39, 0.29) is 5.78 Å². The topological polar surface area (TPSA) is 35.5 Å². The summed E-state index contributed by atoms with van der Waals surface area (Å²) in [5.41, 5.74) is 2.61. The van der Waals surface area contributed by atoms with E-state index in [2.05, 4.69) is 0 Å². The normalized spacial score (nSPS) is 10.8. The number of benzene rings is 2. The van der Waals surface area contributed by atoms with Gasteiger partial charge in [0.2, 0.25) is 0 Å². The van der Waals surface area contributed by atoms with Crippen molar-refractivity contribution in [3.05, 3.63) is 71.3 Å². The van der Waals surface area contributed by atoms with Gasteiger partial charge in [0, 0.05) is 31.8 Å². The van der Waals surface area contributed by atoms with Crippen molar-refractivity contribution < 1.29 is 14.3 Å². The maximum atomic E-state index is 12.2. The summed E-state index contributed by atoms with van der Waals surface area (Å²) in [6.07, 6.45) is 0.0197. The number of Topliss-reactive ketones (excluding diaryl/α,β-unsaturated/α-hetero) is 1. The van der Waals surface area contributed by atoms with Crippen LogP contribution in [0.5, 0.6) is 0 Å². The highest BCUT2D eigenvalue weighted by Gasteiger charge is 2.11. The molecule has 0 fully saturated rings. The van der Waals surface area contributed by atoms with Gasteiger partial charge >= 0.3 is 0 Å². The second-order valence-electron chi connectivity index (χ2n) is 4.51. The molecule has 0 spiro atoms. The van der Waals surface area contributed by atoms with Crippen LogP contribution in [0.25, 0.3) is 0 Å². The standard InChI is InChI=1S/C17H18O3/c1-19-17(20-2)15-10-8-14(9-11-15)16(18)12-13-6-4-3-5-7-13/h3-11,17H,12H2,1-2H3. The lowest BCUT2D eigenvalue weighted by molar-refractivity contribution is -0.106. The molecule has 0 N–H and O–H groups in total. The molecule has 0 saturated heterocycles. The van der Waals surface area contributed by atoms with Crippen LogP contribution in [0.15, 0.2) is 54.6 Å². The zero-order valence-electron chi connectivity index (χ0n) is 11.7. The zero-order chi connectivity index (χ0) is 14.4. The van der Waals surface area contributed by atoms with Gasteiger partial charge in [0.15, 0.2) is 12.1 Å². The molecule has 0 aliphatic rings. The van der Waals surface area contributed by atoms with Crippen molar-refractivity contribution in [1.82, 2.24) is 0 Å². The zero-order valence-corrected chi connectivity index (χ0v) is 11.7. The van der Waals surface area contributed by atoms with Crippen molar-refractivity contribution in [2.24, 2.45) is 0 Å². The highest BCUT2D eigenvalue weighted by Crippen LogP contribution is 2.18. The lowest BCUT2D eigenvalue weighted by Crippen LogP contribution is -2.06. The number of methoxy groups -OCH3 is 2. The first-order chi connectivity index (χ1) is 9.74. The van der Waals surface area contributed by atoms with Crippen LogP contribution in [0.4, 0.5) is 0 Å². The van der Waals surface area contributed by atoms with Crippen LogP contribution in [0, 0.1) is 0 Å². The molecule has 3 nitrogen and oxygen atoms in total. The third-order valence-corrected chi connectivity index (χ3v) is 3.14. The van der Waals surface area contributed by atoms with E-state index < -0.39 is 6.29 Å². The predicted molar refractivity (Wildman–Crippen MR) is 77.7 cm³/mol. The third-order valence-electron chi connectivity index (χ3n) is 3.14. The van der Waals surface area contributed by atoms with Gasteiger partial charge in [-0.05, 0) is 5.56 Å². The molecular formula is C17H18O3. The highest BCUT2D eigenvalue weighted by atomic mass is 16.7. The Kier molecular flexibility index (Phi) is 5.04. The molecule has 0 aliphatic heterocycles. The number of carbonyl (C=O) groups is 1. The molecule has 0 bridgehead atoms. The Hall–Kier alpha value is -1.97. The summed E-state index contributed by atoms with van der Waals surface area (Å²) >= 11 is 0. The third kappa shape index (κ3) is 3.53. The van der Waals surface area contributed by atoms with Crippen molar-refractivity contribution in [3.8, 4) is 0 Å². The Morgan fingerprint density at radius 2 is 1.55 bits per heavy atom. The van der Waals surface area contributed by atoms with Crippen molar-refractivity contribution in [1.29, 1.82) is 0 Å². The van der Waals surface area contributed by atoms with Crippen molar-refractivity contribution in [2.45, 2.75) is 12.7 Å². The Balaban J connectivity index is 2.08. The quantitative estimate of drug-likeness (QED) is 0.596. The fourth-order valence-corrected chi connectivity index (χ4v) is 2.08. The molecule has 3 heteroatoms. The van der Waals surface area contributed by atoms with E-state index in [0.717, 1.165) is 11.1 Å². The molecule has 2 aromatic carbocycles. The van der Waals surface area contributed by atoms with Gasteiger partial charge in [0.05, 0.1) is 0 Å². The molecule has 2 aromatic rings. The summed E-state index contributed by atoms with van der Waals surface area (Å²) in [5, 5.41) is 0. The van der Waals surface area contributed by atoms with Crippen molar-refractivity contribution >= 4 is 5.78 Å². The summed E-state index contributed by atoms with van der Waals surface area (Å²) in [5.74, 6) is 0.106. The summed E-state index contributed by atoms with van der Waals surface area (Å²) < 4.78 is 10.3. The first-order valence-electron chi connectivity index (χ1n) is 6.47. The minimum absolute atomic E-state index is 0.106. The maximum absolute atomic E-state index is 12.2. The molecular weight excluding hydrogens is 252 g/mol. The number of ether oxygens (including phenoxy) is 2. The highest BCUT2D eigenvalue weighted by molar-refractivity contribution is 5.97. The van der Waals surface area contributed by atoms with Crippen LogP contribution in [0.1, 0.15) is 27.8 Å². The van der Waals surface area contributed by atoms with Gasteiger partial charge in [-0.25, -0.2) is 0 Å². The van der Waals surface area contributed by atoms with Crippen LogP contribution in [0.2, 0.25) is 0 Å².